The summed E-state index contributed by atoms with van der Waals surface area (Å²) in [6.45, 7) is 0. The molecule has 0 N–H and O–H groups in total. The van der Waals surface area contributed by atoms with Gasteiger partial charge in [0.1, 0.15) is 5.82 Å². The van der Waals surface area contributed by atoms with Crippen molar-refractivity contribution in [2.24, 2.45) is 0 Å². The first-order chi connectivity index (χ1) is 15.7. The van der Waals surface area contributed by atoms with Gasteiger partial charge in [0, 0.05) is 24.2 Å². The highest BCUT2D eigenvalue weighted by Gasteiger charge is 2.22. The number of fused-ring (bicyclic) bond motifs is 1. The zero-order valence-corrected chi connectivity index (χ0v) is 17.6. The van der Waals surface area contributed by atoms with Gasteiger partial charge in [0.25, 0.3) is 5.89 Å². The molecule has 0 atom stereocenters. The Kier molecular flexibility index (Phi) is 4.91. The summed E-state index contributed by atoms with van der Waals surface area (Å²) in [6.07, 6.45) is 5.28. The van der Waals surface area contributed by atoms with E-state index in [0.717, 1.165) is 16.6 Å². The van der Waals surface area contributed by atoms with Crippen LogP contribution in [0.3, 0.4) is 0 Å². The van der Waals surface area contributed by atoms with E-state index >= 15 is 0 Å². The number of benzene rings is 1. The number of rotatable bonds is 6. The minimum Gasteiger partial charge on any atom is -0.493 e. The van der Waals surface area contributed by atoms with Gasteiger partial charge >= 0.3 is 0 Å². The van der Waals surface area contributed by atoms with Crippen molar-refractivity contribution >= 4 is 5.52 Å². The zero-order valence-electron chi connectivity index (χ0n) is 17.6. The molecule has 0 saturated heterocycles. The topological polar surface area (TPSA) is 96.8 Å². The Morgan fingerprint density at radius 3 is 2.31 bits per heavy atom. The molecule has 5 rings (SSSR count). The molecule has 0 aliphatic rings. The van der Waals surface area contributed by atoms with Gasteiger partial charge in [-0.05, 0) is 36.4 Å². The Balaban J connectivity index is 1.68. The second-order valence-electron chi connectivity index (χ2n) is 6.81. The van der Waals surface area contributed by atoms with Crippen LogP contribution in [0.1, 0.15) is 0 Å². The third-order valence-corrected chi connectivity index (χ3v) is 5.01. The Morgan fingerprint density at radius 2 is 1.62 bits per heavy atom. The summed E-state index contributed by atoms with van der Waals surface area (Å²) in [4.78, 5) is 8.94. The van der Waals surface area contributed by atoms with Crippen LogP contribution in [0.25, 0.3) is 39.9 Å². The summed E-state index contributed by atoms with van der Waals surface area (Å²) in [5, 5.41) is 8.39. The molecule has 1 aromatic carbocycles. The average molecular weight is 429 g/mol. The molecule has 0 radical (unpaired) electrons. The Hall–Kier alpha value is -4.40. The van der Waals surface area contributed by atoms with E-state index in [-0.39, 0.29) is 0 Å². The van der Waals surface area contributed by atoms with Crippen molar-refractivity contribution < 1.29 is 18.6 Å². The van der Waals surface area contributed by atoms with Gasteiger partial charge in [-0.1, -0.05) is 6.07 Å². The number of hydrogen-bond donors (Lipinski definition) is 0. The number of hydrogen-bond acceptors (Lipinski definition) is 8. The van der Waals surface area contributed by atoms with Crippen LogP contribution in [0, 0.1) is 0 Å². The lowest BCUT2D eigenvalue weighted by Gasteiger charge is -2.13. The summed E-state index contributed by atoms with van der Waals surface area (Å²) < 4.78 is 24.3. The van der Waals surface area contributed by atoms with Gasteiger partial charge in [0.2, 0.25) is 11.6 Å². The second-order valence-corrected chi connectivity index (χ2v) is 6.81. The first-order valence-electron chi connectivity index (χ1n) is 9.75. The molecule has 0 fully saturated rings. The van der Waals surface area contributed by atoms with E-state index in [1.807, 2.05) is 53.1 Å². The van der Waals surface area contributed by atoms with Crippen LogP contribution >= 0.6 is 0 Å². The standard InChI is InChI=1S/C23H19N5O4/c1-29-17-11-15(12-18(30-2)20(17)31-3)21-25-19(16-8-4-5-10-28(16)21)23-27-26-22(32-23)14-7-6-9-24-13-14/h4-13H,1-3H3. The maximum Gasteiger partial charge on any atom is 0.268 e. The smallest absolute Gasteiger partial charge is 0.268 e. The first kappa shape index (κ1) is 19.6. The van der Waals surface area contributed by atoms with E-state index in [2.05, 4.69) is 15.2 Å². The number of imidazole rings is 1. The zero-order chi connectivity index (χ0) is 22.1. The molecule has 160 valence electrons. The minimum absolute atomic E-state index is 0.311. The summed E-state index contributed by atoms with van der Waals surface area (Å²) in [5.41, 5.74) is 2.90. The van der Waals surface area contributed by atoms with Crippen molar-refractivity contribution in [1.29, 1.82) is 0 Å². The van der Waals surface area contributed by atoms with E-state index in [1.54, 1.807) is 33.7 Å². The largest absolute Gasteiger partial charge is 0.493 e. The lowest BCUT2D eigenvalue weighted by Crippen LogP contribution is -1.97. The molecule has 0 unspecified atom stereocenters. The number of nitrogens with zero attached hydrogens (tertiary/aromatic N) is 5. The van der Waals surface area contributed by atoms with Gasteiger partial charge in [-0.3, -0.25) is 9.38 Å². The molecule has 0 aliphatic heterocycles. The van der Waals surface area contributed by atoms with Crippen molar-refractivity contribution in [3.8, 4) is 51.7 Å². The molecule has 5 aromatic rings. The van der Waals surface area contributed by atoms with Crippen LogP contribution < -0.4 is 14.2 Å². The van der Waals surface area contributed by atoms with Gasteiger partial charge in [-0.15, -0.1) is 10.2 Å². The fourth-order valence-corrected chi connectivity index (χ4v) is 3.53. The van der Waals surface area contributed by atoms with Crippen LogP contribution in [0.4, 0.5) is 0 Å². The average Bonchev–Trinajstić information content (AvgIpc) is 3.49. The number of ether oxygens (including phenoxy) is 3. The summed E-state index contributed by atoms with van der Waals surface area (Å²) in [5.74, 6) is 2.93. The molecule has 0 amide bonds. The van der Waals surface area contributed by atoms with Crippen molar-refractivity contribution in [1.82, 2.24) is 24.6 Å². The SMILES string of the molecule is COc1cc(-c2nc(-c3nnc(-c4cccnc4)o3)c3ccccn23)cc(OC)c1OC. The minimum atomic E-state index is 0.311. The quantitative estimate of drug-likeness (QED) is 0.397. The monoisotopic (exact) mass is 429 g/mol. The highest BCUT2D eigenvalue weighted by Crippen LogP contribution is 2.41. The van der Waals surface area contributed by atoms with Crippen molar-refractivity contribution in [2.75, 3.05) is 21.3 Å². The lowest BCUT2D eigenvalue weighted by molar-refractivity contribution is 0.324. The van der Waals surface area contributed by atoms with Crippen molar-refractivity contribution in [3.05, 3.63) is 61.1 Å². The third-order valence-electron chi connectivity index (χ3n) is 5.01. The predicted molar refractivity (Wildman–Crippen MR) is 117 cm³/mol. The van der Waals surface area contributed by atoms with Crippen LogP contribution in [0.15, 0.2) is 65.5 Å². The molecule has 4 heterocycles. The lowest BCUT2D eigenvalue weighted by atomic mass is 10.1. The molecule has 0 saturated carbocycles. The van der Waals surface area contributed by atoms with Gasteiger partial charge in [0.05, 0.1) is 32.4 Å². The number of pyridine rings is 2. The molecule has 0 aliphatic carbocycles. The summed E-state index contributed by atoms with van der Waals surface area (Å²) in [7, 11) is 4.72. The first-order valence-corrected chi connectivity index (χ1v) is 9.75. The van der Waals surface area contributed by atoms with Crippen LogP contribution in [0.2, 0.25) is 0 Å². The van der Waals surface area contributed by atoms with E-state index in [9.17, 15) is 0 Å². The molecular weight excluding hydrogens is 410 g/mol. The maximum absolute atomic E-state index is 5.93. The molecule has 4 aromatic heterocycles. The highest BCUT2D eigenvalue weighted by molar-refractivity contribution is 5.79. The maximum atomic E-state index is 5.93. The molecule has 0 spiro atoms. The van der Waals surface area contributed by atoms with Gasteiger partial charge in [0.15, 0.2) is 17.2 Å². The fraction of sp³-hybridized carbons (Fsp3) is 0.130. The third kappa shape index (κ3) is 3.20. The number of methoxy groups -OCH3 is 3. The van der Waals surface area contributed by atoms with Crippen molar-refractivity contribution in [2.45, 2.75) is 0 Å². The Labute approximate surface area is 183 Å². The molecule has 0 bridgehead atoms. The molecular formula is C23H19N5O4. The molecule has 9 heteroatoms. The summed E-state index contributed by atoms with van der Waals surface area (Å²) >= 11 is 0. The normalized spacial score (nSPS) is 11.0. The van der Waals surface area contributed by atoms with Crippen molar-refractivity contribution in [3.63, 3.8) is 0 Å². The predicted octanol–water partition coefficient (Wildman–Crippen LogP) is 4.14. The summed E-state index contributed by atoms with van der Waals surface area (Å²) in [6, 6.07) is 13.2. The van der Waals surface area contributed by atoms with Crippen LogP contribution in [-0.4, -0.2) is 45.9 Å². The van der Waals surface area contributed by atoms with E-state index in [1.165, 1.54) is 0 Å². The second kappa shape index (κ2) is 8.03. The molecule has 9 nitrogen and oxygen atoms in total. The molecule has 32 heavy (non-hydrogen) atoms. The van der Waals surface area contributed by atoms with E-state index < -0.39 is 0 Å². The number of aromatic nitrogens is 5. The highest BCUT2D eigenvalue weighted by atomic mass is 16.5. The Morgan fingerprint density at radius 1 is 0.844 bits per heavy atom. The fourth-order valence-electron chi connectivity index (χ4n) is 3.53. The van der Waals surface area contributed by atoms with Gasteiger partial charge in [-0.25, -0.2) is 4.98 Å². The van der Waals surface area contributed by atoms with Gasteiger partial charge < -0.3 is 18.6 Å². The van der Waals surface area contributed by atoms with Crippen LogP contribution in [0.5, 0.6) is 17.2 Å². The van der Waals surface area contributed by atoms with E-state index in [4.69, 9.17) is 23.6 Å². The van der Waals surface area contributed by atoms with E-state index in [0.29, 0.717) is 40.5 Å². The van der Waals surface area contributed by atoms with Gasteiger partial charge in [-0.2, -0.15) is 0 Å². The van der Waals surface area contributed by atoms with Crippen LogP contribution in [-0.2, 0) is 0 Å². The Bertz CT molecular complexity index is 1370.